The van der Waals surface area contributed by atoms with Crippen LogP contribution >= 0.6 is 23.7 Å². The number of thiazole rings is 1. The minimum Gasteiger partial charge on any atom is -0.455 e. The minimum absolute atomic E-state index is 0. The number of halogens is 1. The van der Waals surface area contributed by atoms with E-state index in [1.165, 1.54) is 11.3 Å². The third kappa shape index (κ3) is 4.47. The number of aromatic nitrogens is 1. The molecule has 0 aliphatic heterocycles. The molecule has 0 spiro atoms. The van der Waals surface area contributed by atoms with Crippen LogP contribution in [0.5, 0.6) is 11.5 Å². The number of para-hydroxylation sites is 3. The number of carbonyl (C=O) groups excluding carboxylic acids is 1. The maximum Gasteiger partial charge on any atom is 0.244 e. The van der Waals surface area contributed by atoms with Gasteiger partial charge in [-0.1, -0.05) is 30.3 Å². The molecule has 2 aromatic carbocycles. The quantitative estimate of drug-likeness (QED) is 0.724. The average Bonchev–Trinajstić information content (AvgIpc) is 2.95. The SMILES string of the molecule is Cl.N=c1sccn1CC(=O)Nc1ccccc1Oc1ccccc1. The molecule has 0 radical (unpaired) electrons. The number of nitrogens with zero attached hydrogens (tertiary/aromatic N) is 1. The van der Waals surface area contributed by atoms with Gasteiger partial charge in [0.05, 0.1) is 5.69 Å². The van der Waals surface area contributed by atoms with E-state index < -0.39 is 0 Å². The summed E-state index contributed by atoms with van der Waals surface area (Å²) in [5, 5.41) is 12.3. The Labute approximate surface area is 149 Å². The summed E-state index contributed by atoms with van der Waals surface area (Å²) in [5.74, 6) is 1.08. The fraction of sp³-hybridized carbons (Fsp3) is 0.0588. The first-order valence-electron chi connectivity index (χ1n) is 7.03. The van der Waals surface area contributed by atoms with E-state index in [-0.39, 0.29) is 24.9 Å². The second kappa shape index (κ2) is 8.33. The van der Waals surface area contributed by atoms with E-state index >= 15 is 0 Å². The number of carbonyl (C=O) groups is 1. The molecule has 0 aliphatic rings. The molecule has 2 N–H and O–H groups in total. The van der Waals surface area contributed by atoms with Gasteiger partial charge in [-0.15, -0.1) is 23.7 Å². The number of benzene rings is 2. The molecule has 124 valence electrons. The molecule has 1 heterocycles. The van der Waals surface area contributed by atoms with Crippen molar-refractivity contribution in [1.29, 1.82) is 5.41 Å². The maximum atomic E-state index is 12.2. The highest BCUT2D eigenvalue weighted by atomic mass is 35.5. The highest BCUT2D eigenvalue weighted by molar-refractivity contribution is 7.06. The van der Waals surface area contributed by atoms with Crippen molar-refractivity contribution in [3.05, 3.63) is 71.0 Å². The van der Waals surface area contributed by atoms with E-state index in [0.29, 0.717) is 22.0 Å². The molecule has 0 unspecified atom stereocenters. The van der Waals surface area contributed by atoms with E-state index in [1.54, 1.807) is 28.3 Å². The van der Waals surface area contributed by atoms with Gasteiger partial charge in [-0.25, -0.2) is 0 Å². The van der Waals surface area contributed by atoms with Crippen molar-refractivity contribution in [3.8, 4) is 11.5 Å². The summed E-state index contributed by atoms with van der Waals surface area (Å²) >= 11 is 1.28. The van der Waals surface area contributed by atoms with Crippen LogP contribution in [0, 0.1) is 5.41 Å². The lowest BCUT2D eigenvalue weighted by Crippen LogP contribution is -2.23. The van der Waals surface area contributed by atoms with Crippen LogP contribution in [0.2, 0.25) is 0 Å². The predicted octanol–water partition coefficient (Wildman–Crippen LogP) is 3.88. The van der Waals surface area contributed by atoms with Gasteiger partial charge in [0.25, 0.3) is 0 Å². The normalized spacial score (nSPS) is 9.83. The molecule has 0 atom stereocenters. The smallest absolute Gasteiger partial charge is 0.244 e. The minimum atomic E-state index is -0.203. The molecule has 0 fully saturated rings. The number of amides is 1. The third-order valence-electron chi connectivity index (χ3n) is 3.13. The number of rotatable bonds is 5. The largest absolute Gasteiger partial charge is 0.455 e. The van der Waals surface area contributed by atoms with Gasteiger partial charge < -0.3 is 14.6 Å². The predicted molar refractivity (Wildman–Crippen MR) is 97.0 cm³/mol. The summed E-state index contributed by atoms with van der Waals surface area (Å²) in [5.41, 5.74) is 0.601. The van der Waals surface area contributed by atoms with Gasteiger partial charge in [0, 0.05) is 11.6 Å². The van der Waals surface area contributed by atoms with Crippen LogP contribution in [0.1, 0.15) is 0 Å². The lowest BCUT2D eigenvalue weighted by Gasteiger charge is -2.12. The summed E-state index contributed by atoms with van der Waals surface area (Å²) in [6.07, 6.45) is 1.72. The number of anilines is 1. The third-order valence-corrected chi connectivity index (χ3v) is 3.84. The van der Waals surface area contributed by atoms with Crippen LogP contribution in [-0.2, 0) is 11.3 Å². The Bertz CT molecular complexity index is 861. The lowest BCUT2D eigenvalue weighted by molar-refractivity contribution is -0.116. The van der Waals surface area contributed by atoms with Crippen molar-refractivity contribution in [1.82, 2.24) is 4.57 Å². The van der Waals surface area contributed by atoms with Gasteiger partial charge in [0.1, 0.15) is 12.3 Å². The summed E-state index contributed by atoms with van der Waals surface area (Å²) in [7, 11) is 0. The Morgan fingerprint density at radius 2 is 1.83 bits per heavy atom. The van der Waals surface area contributed by atoms with E-state index in [0.717, 1.165) is 0 Å². The van der Waals surface area contributed by atoms with Crippen LogP contribution in [-0.4, -0.2) is 10.5 Å². The molecule has 1 amide bonds. The molecule has 0 aliphatic carbocycles. The molecule has 5 nitrogen and oxygen atoms in total. The summed E-state index contributed by atoms with van der Waals surface area (Å²) in [6, 6.07) is 16.7. The zero-order valence-electron chi connectivity index (χ0n) is 12.6. The number of hydrogen-bond acceptors (Lipinski definition) is 4. The first kappa shape index (κ1) is 17.8. The maximum absolute atomic E-state index is 12.2. The second-order valence-corrected chi connectivity index (χ2v) is 5.69. The van der Waals surface area contributed by atoms with Crippen molar-refractivity contribution >= 4 is 35.3 Å². The zero-order chi connectivity index (χ0) is 16.1. The van der Waals surface area contributed by atoms with E-state index in [9.17, 15) is 4.79 Å². The standard InChI is InChI=1S/C17H15N3O2S.ClH/c18-17-20(10-11-23-17)12-16(21)19-14-8-4-5-9-15(14)22-13-6-2-1-3-7-13;/h1-11,18H,12H2,(H,19,21);1H. The van der Waals surface area contributed by atoms with Gasteiger partial charge in [0.15, 0.2) is 10.6 Å². The molecule has 0 bridgehead atoms. The Balaban J connectivity index is 0.00000208. The van der Waals surface area contributed by atoms with Crippen molar-refractivity contribution in [2.24, 2.45) is 0 Å². The van der Waals surface area contributed by atoms with Gasteiger partial charge in [-0.05, 0) is 24.3 Å². The fourth-order valence-electron chi connectivity index (χ4n) is 2.05. The number of ether oxygens (including phenoxy) is 1. The van der Waals surface area contributed by atoms with Crippen LogP contribution in [0.25, 0.3) is 0 Å². The second-order valence-electron chi connectivity index (χ2n) is 4.80. The lowest BCUT2D eigenvalue weighted by atomic mass is 10.3. The molecule has 3 rings (SSSR count). The fourth-order valence-corrected chi connectivity index (χ4v) is 2.64. The first-order chi connectivity index (χ1) is 11.2. The molecule has 0 saturated carbocycles. The topological polar surface area (TPSA) is 67.1 Å². The Hall–Kier alpha value is -2.57. The zero-order valence-corrected chi connectivity index (χ0v) is 14.3. The molecular weight excluding hydrogens is 346 g/mol. The van der Waals surface area contributed by atoms with E-state index in [2.05, 4.69) is 5.32 Å². The van der Waals surface area contributed by atoms with Gasteiger partial charge in [-0.3, -0.25) is 10.2 Å². The molecule has 7 heteroatoms. The van der Waals surface area contributed by atoms with Crippen LogP contribution in [0.4, 0.5) is 5.69 Å². The number of nitrogens with one attached hydrogen (secondary N) is 2. The van der Waals surface area contributed by atoms with Crippen molar-refractivity contribution < 1.29 is 9.53 Å². The average molecular weight is 362 g/mol. The van der Waals surface area contributed by atoms with Crippen LogP contribution < -0.4 is 14.9 Å². The van der Waals surface area contributed by atoms with Crippen LogP contribution in [0.15, 0.2) is 66.2 Å². The van der Waals surface area contributed by atoms with E-state index in [4.69, 9.17) is 10.1 Å². The molecular formula is C17H16ClN3O2S. The summed E-state index contributed by atoms with van der Waals surface area (Å²) in [4.78, 5) is 12.5. The van der Waals surface area contributed by atoms with Crippen molar-refractivity contribution in [3.63, 3.8) is 0 Å². The Kier molecular flexibility index (Phi) is 6.17. The van der Waals surface area contributed by atoms with Gasteiger partial charge in [-0.2, -0.15) is 0 Å². The first-order valence-corrected chi connectivity index (χ1v) is 7.90. The Morgan fingerprint density at radius 3 is 2.54 bits per heavy atom. The van der Waals surface area contributed by atoms with Crippen molar-refractivity contribution in [2.75, 3.05) is 5.32 Å². The van der Waals surface area contributed by atoms with E-state index in [1.807, 2.05) is 42.5 Å². The van der Waals surface area contributed by atoms with Gasteiger partial charge >= 0.3 is 0 Å². The molecule has 0 saturated heterocycles. The van der Waals surface area contributed by atoms with Gasteiger partial charge in [0.2, 0.25) is 5.91 Å². The number of hydrogen-bond donors (Lipinski definition) is 2. The molecule has 24 heavy (non-hydrogen) atoms. The molecule has 3 aromatic rings. The monoisotopic (exact) mass is 361 g/mol. The summed E-state index contributed by atoms with van der Waals surface area (Å²) < 4.78 is 7.40. The highest BCUT2D eigenvalue weighted by Gasteiger charge is 2.09. The Morgan fingerprint density at radius 1 is 1.12 bits per heavy atom. The summed E-state index contributed by atoms with van der Waals surface area (Å²) in [6.45, 7) is 0.0992. The molecule has 1 aromatic heterocycles. The van der Waals surface area contributed by atoms with Crippen molar-refractivity contribution in [2.45, 2.75) is 6.54 Å². The van der Waals surface area contributed by atoms with Crippen LogP contribution in [0.3, 0.4) is 0 Å². The highest BCUT2D eigenvalue weighted by Crippen LogP contribution is 2.28.